The Kier molecular flexibility index (Phi) is 6.93. The number of benzene rings is 3. The number of carbonyl (C=O) groups is 2. The Morgan fingerprint density at radius 1 is 0.977 bits per heavy atom. The van der Waals surface area contributed by atoms with Gasteiger partial charge in [0.05, 0.1) is 17.1 Å². The molecule has 0 spiro atoms. The first-order chi connectivity index (χ1) is 20.6. The predicted molar refractivity (Wildman–Crippen MR) is 152 cm³/mol. The molecule has 6 rings (SSSR count). The summed E-state index contributed by atoms with van der Waals surface area (Å²) in [5.74, 6) is -3.27. The number of primary amides is 1. The van der Waals surface area contributed by atoms with Gasteiger partial charge < -0.3 is 19.9 Å². The highest BCUT2D eigenvalue weighted by atomic mass is 19.1. The van der Waals surface area contributed by atoms with Crippen LogP contribution in [0.3, 0.4) is 0 Å². The van der Waals surface area contributed by atoms with Gasteiger partial charge in [-0.05, 0) is 66.9 Å². The highest BCUT2D eigenvalue weighted by Gasteiger charge is 2.26. The number of nitrogens with one attached hydrogen (secondary N) is 1. The van der Waals surface area contributed by atoms with Crippen molar-refractivity contribution in [3.8, 4) is 11.1 Å². The third-order valence-electron chi connectivity index (χ3n) is 7.21. The van der Waals surface area contributed by atoms with E-state index in [0.717, 1.165) is 6.07 Å². The first-order valence-corrected chi connectivity index (χ1v) is 13.2. The van der Waals surface area contributed by atoms with Crippen LogP contribution in [0.2, 0.25) is 0 Å². The van der Waals surface area contributed by atoms with Gasteiger partial charge in [0.25, 0.3) is 11.8 Å². The SMILES string of the molecule is Cc1c(F)cc(C(=O)NC(C)c2nc3cnccc3o2)cc1-c1ccc2oc(Cc3ccc(F)cc3)c(C(N)=O)c2c1F. The zero-order valence-corrected chi connectivity index (χ0v) is 22.9. The van der Waals surface area contributed by atoms with Crippen LogP contribution in [0.4, 0.5) is 13.2 Å². The van der Waals surface area contributed by atoms with Crippen LogP contribution in [0.25, 0.3) is 33.2 Å². The van der Waals surface area contributed by atoms with Gasteiger partial charge in [-0.25, -0.2) is 18.2 Å². The molecule has 216 valence electrons. The van der Waals surface area contributed by atoms with Crippen molar-refractivity contribution in [2.45, 2.75) is 26.3 Å². The highest BCUT2D eigenvalue weighted by Crippen LogP contribution is 2.37. The zero-order valence-electron chi connectivity index (χ0n) is 22.9. The maximum Gasteiger partial charge on any atom is 0.253 e. The fourth-order valence-electron chi connectivity index (χ4n) is 4.99. The van der Waals surface area contributed by atoms with E-state index in [1.54, 1.807) is 19.2 Å². The van der Waals surface area contributed by atoms with Gasteiger partial charge >= 0.3 is 0 Å². The predicted octanol–water partition coefficient (Wildman–Crippen LogP) is 6.54. The number of hydrogen-bond donors (Lipinski definition) is 2. The van der Waals surface area contributed by atoms with Gasteiger partial charge in [-0.2, -0.15) is 0 Å². The summed E-state index contributed by atoms with van der Waals surface area (Å²) < 4.78 is 56.2. The third-order valence-corrected chi connectivity index (χ3v) is 7.21. The van der Waals surface area contributed by atoms with Crippen molar-refractivity contribution in [2.75, 3.05) is 0 Å². The van der Waals surface area contributed by atoms with Gasteiger partial charge in [-0.1, -0.05) is 12.1 Å². The zero-order chi connectivity index (χ0) is 30.4. The second-order valence-electron chi connectivity index (χ2n) is 10.1. The average molecular weight is 585 g/mol. The first-order valence-electron chi connectivity index (χ1n) is 13.2. The van der Waals surface area contributed by atoms with Crippen molar-refractivity contribution >= 4 is 33.9 Å². The number of nitrogens with zero attached hydrogens (tertiary/aromatic N) is 2. The maximum absolute atomic E-state index is 16.2. The van der Waals surface area contributed by atoms with Crippen molar-refractivity contribution < 1.29 is 31.6 Å². The van der Waals surface area contributed by atoms with Gasteiger partial charge in [0.2, 0.25) is 5.89 Å². The molecule has 11 heteroatoms. The van der Waals surface area contributed by atoms with Crippen LogP contribution in [-0.2, 0) is 6.42 Å². The minimum absolute atomic E-state index is 0.0557. The van der Waals surface area contributed by atoms with Crippen molar-refractivity contribution in [1.82, 2.24) is 15.3 Å². The molecule has 0 saturated heterocycles. The number of amides is 2. The highest BCUT2D eigenvalue weighted by molar-refractivity contribution is 6.08. The number of halogens is 3. The van der Waals surface area contributed by atoms with Crippen LogP contribution < -0.4 is 11.1 Å². The van der Waals surface area contributed by atoms with E-state index >= 15 is 8.78 Å². The molecule has 0 aliphatic heterocycles. The molecule has 2 amide bonds. The Morgan fingerprint density at radius 2 is 1.74 bits per heavy atom. The van der Waals surface area contributed by atoms with Gasteiger partial charge in [0.15, 0.2) is 5.58 Å². The Bertz CT molecular complexity index is 2020. The largest absolute Gasteiger partial charge is 0.460 e. The minimum atomic E-state index is -0.924. The summed E-state index contributed by atoms with van der Waals surface area (Å²) in [5, 5.41) is 2.55. The smallest absolute Gasteiger partial charge is 0.253 e. The normalized spacial score (nSPS) is 12.1. The number of oxazole rings is 1. The van der Waals surface area contributed by atoms with E-state index < -0.39 is 35.3 Å². The summed E-state index contributed by atoms with van der Waals surface area (Å²) in [7, 11) is 0. The number of fused-ring (bicyclic) bond motifs is 2. The van der Waals surface area contributed by atoms with Crippen molar-refractivity contribution in [3.63, 3.8) is 0 Å². The number of carbonyl (C=O) groups excluding carboxylic acids is 2. The monoisotopic (exact) mass is 584 g/mol. The van der Waals surface area contributed by atoms with Crippen LogP contribution >= 0.6 is 0 Å². The Balaban J connectivity index is 1.37. The lowest BCUT2D eigenvalue weighted by Crippen LogP contribution is -2.27. The standard InChI is InChI=1S/C32H23F3N4O4/c1-15-21(12-18(13-22(15)34)31(41)38-16(2)32-39-23-14-37-10-9-24(23)43-32)20-7-8-25-27(29(20)35)28(30(36)40)26(42-25)11-17-3-5-19(33)6-4-17/h3-10,12-14,16H,11H2,1-2H3,(H2,36,40)(H,38,41). The Labute approximate surface area is 242 Å². The molecule has 6 aromatic rings. The van der Waals surface area contributed by atoms with Crippen LogP contribution in [0.5, 0.6) is 0 Å². The molecule has 0 aliphatic rings. The Hall–Kier alpha value is -5.45. The number of pyridine rings is 1. The fourth-order valence-corrected chi connectivity index (χ4v) is 4.99. The molecule has 0 bridgehead atoms. The number of furan rings is 1. The molecule has 0 fully saturated rings. The second kappa shape index (κ2) is 10.8. The van der Waals surface area contributed by atoms with E-state index in [2.05, 4.69) is 15.3 Å². The number of nitrogens with two attached hydrogens (primary N) is 1. The summed E-state index contributed by atoms with van der Waals surface area (Å²) in [6.07, 6.45) is 3.13. The topological polar surface area (TPSA) is 124 Å². The van der Waals surface area contributed by atoms with Crippen LogP contribution in [0, 0.1) is 24.4 Å². The molecule has 0 radical (unpaired) electrons. The fraction of sp³-hybridized carbons (Fsp3) is 0.125. The van der Waals surface area contributed by atoms with E-state index in [9.17, 15) is 14.0 Å². The molecule has 1 unspecified atom stereocenters. The van der Waals surface area contributed by atoms with E-state index in [1.807, 2.05) is 0 Å². The maximum atomic E-state index is 16.2. The van der Waals surface area contributed by atoms with Gasteiger partial charge in [0, 0.05) is 29.8 Å². The molecule has 3 aromatic carbocycles. The van der Waals surface area contributed by atoms with E-state index in [-0.39, 0.29) is 56.9 Å². The van der Waals surface area contributed by atoms with E-state index in [0.29, 0.717) is 16.7 Å². The molecule has 3 aromatic heterocycles. The van der Waals surface area contributed by atoms with Crippen molar-refractivity contribution in [1.29, 1.82) is 0 Å². The molecule has 3 heterocycles. The first kappa shape index (κ1) is 27.7. The summed E-state index contributed by atoms with van der Waals surface area (Å²) in [5.41, 5.74) is 7.21. The molecule has 0 saturated carbocycles. The molecule has 1 atom stereocenters. The third kappa shape index (κ3) is 5.09. The summed E-state index contributed by atoms with van der Waals surface area (Å²) in [4.78, 5) is 34.0. The second-order valence-corrected chi connectivity index (χ2v) is 10.1. The lowest BCUT2D eigenvalue weighted by atomic mass is 9.94. The number of rotatable bonds is 7. The van der Waals surface area contributed by atoms with Crippen LogP contribution in [-0.4, -0.2) is 21.8 Å². The molecule has 0 aliphatic carbocycles. The minimum Gasteiger partial charge on any atom is -0.460 e. The Morgan fingerprint density at radius 3 is 2.47 bits per heavy atom. The lowest BCUT2D eigenvalue weighted by Gasteiger charge is -2.14. The molecule has 3 N–H and O–H groups in total. The summed E-state index contributed by atoms with van der Waals surface area (Å²) in [6, 6.07) is 11.8. The molecular weight excluding hydrogens is 561 g/mol. The molecule has 43 heavy (non-hydrogen) atoms. The van der Waals surface area contributed by atoms with Gasteiger partial charge in [-0.3, -0.25) is 14.6 Å². The number of aromatic nitrogens is 2. The quantitative estimate of drug-likeness (QED) is 0.220. The summed E-state index contributed by atoms with van der Waals surface area (Å²) in [6.45, 7) is 3.11. The molecular formula is C32H23F3N4O4. The van der Waals surface area contributed by atoms with E-state index in [4.69, 9.17) is 14.6 Å². The van der Waals surface area contributed by atoms with Crippen molar-refractivity contribution in [3.05, 3.63) is 118 Å². The van der Waals surface area contributed by atoms with Crippen LogP contribution in [0.1, 0.15) is 56.5 Å². The van der Waals surface area contributed by atoms with E-state index in [1.165, 1.54) is 55.6 Å². The van der Waals surface area contributed by atoms with Crippen LogP contribution in [0.15, 0.2) is 75.8 Å². The molecule has 8 nitrogen and oxygen atoms in total. The number of hydrogen-bond acceptors (Lipinski definition) is 6. The average Bonchev–Trinajstić information content (AvgIpc) is 3.58. The van der Waals surface area contributed by atoms with Gasteiger partial charge in [0.1, 0.15) is 40.4 Å². The lowest BCUT2D eigenvalue weighted by molar-refractivity contribution is 0.0933. The summed E-state index contributed by atoms with van der Waals surface area (Å²) >= 11 is 0. The van der Waals surface area contributed by atoms with Gasteiger partial charge in [-0.15, -0.1) is 0 Å². The van der Waals surface area contributed by atoms with Crippen molar-refractivity contribution in [2.24, 2.45) is 5.73 Å².